The summed E-state index contributed by atoms with van der Waals surface area (Å²) in [5.41, 5.74) is 0.364. The highest BCUT2D eigenvalue weighted by atomic mass is 35.5. The molecule has 2 aromatic carbocycles. The first-order valence-electron chi connectivity index (χ1n) is 8.09. The van der Waals surface area contributed by atoms with Crippen molar-refractivity contribution >= 4 is 35.2 Å². The van der Waals surface area contributed by atoms with E-state index >= 15 is 0 Å². The van der Waals surface area contributed by atoms with Gasteiger partial charge in [-0.3, -0.25) is 9.59 Å². The molecule has 2 amide bonds. The highest BCUT2D eigenvalue weighted by molar-refractivity contribution is 7.99. The van der Waals surface area contributed by atoms with Crippen LogP contribution in [0.1, 0.15) is 23.7 Å². The van der Waals surface area contributed by atoms with Crippen LogP contribution in [-0.4, -0.2) is 30.2 Å². The summed E-state index contributed by atoms with van der Waals surface area (Å²) >= 11 is 7.74. The smallest absolute Gasteiger partial charge is 0.253 e. The second-order valence-electron chi connectivity index (χ2n) is 5.48. The minimum absolute atomic E-state index is 0.204. The normalized spacial score (nSPS) is 11.6. The summed E-state index contributed by atoms with van der Waals surface area (Å²) in [6.45, 7) is 2.23. The molecule has 1 atom stereocenters. The van der Waals surface area contributed by atoms with Crippen LogP contribution in [0.25, 0.3) is 0 Å². The average molecular weight is 377 g/mol. The van der Waals surface area contributed by atoms with Gasteiger partial charge in [0, 0.05) is 11.4 Å². The van der Waals surface area contributed by atoms with Crippen LogP contribution in [0.4, 0.5) is 0 Å². The Kier molecular flexibility index (Phi) is 7.82. The third-order valence-electron chi connectivity index (χ3n) is 3.49. The summed E-state index contributed by atoms with van der Waals surface area (Å²) in [5, 5.41) is 5.87. The fourth-order valence-corrected chi connectivity index (χ4v) is 3.22. The van der Waals surface area contributed by atoms with E-state index in [0.29, 0.717) is 17.1 Å². The van der Waals surface area contributed by atoms with Crippen LogP contribution in [0.2, 0.25) is 5.02 Å². The molecule has 1 unspecified atom stereocenters. The monoisotopic (exact) mass is 376 g/mol. The Hall–Kier alpha value is -1.98. The fourth-order valence-electron chi connectivity index (χ4n) is 2.13. The van der Waals surface area contributed by atoms with E-state index in [0.717, 1.165) is 12.2 Å². The van der Waals surface area contributed by atoms with Crippen LogP contribution in [0.15, 0.2) is 59.5 Å². The van der Waals surface area contributed by atoms with Crippen LogP contribution < -0.4 is 10.6 Å². The minimum Gasteiger partial charge on any atom is -0.354 e. The lowest BCUT2D eigenvalue weighted by molar-refractivity contribution is -0.122. The third-order valence-corrected chi connectivity index (χ3v) is 4.92. The topological polar surface area (TPSA) is 58.2 Å². The Bertz CT molecular complexity index is 710. The van der Waals surface area contributed by atoms with Crippen molar-refractivity contribution in [3.05, 3.63) is 65.2 Å². The highest BCUT2D eigenvalue weighted by Crippen LogP contribution is 2.17. The van der Waals surface area contributed by atoms with Gasteiger partial charge >= 0.3 is 0 Å². The van der Waals surface area contributed by atoms with Crippen LogP contribution in [-0.2, 0) is 4.79 Å². The van der Waals surface area contributed by atoms with E-state index in [1.807, 2.05) is 18.2 Å². The molecule has 0 saturated carbocycles. The van der Waals surface area contributed by atoms with Gasteiger partial charge in [-0.2, -0.15) is 0 Å². The van der Waals surface area contributed by atoms with Crippen molar-refractivity contribution in [2.24, 2.45) is 0 Å². The molecular formula is C19H21ClN2O2S. The number of benzene rings is 2. The van der Waals surface area contributed by atoms with Gasteiger partial charge in [0.05, 0.1) is 10.6 Å². The first kappa shape index (κ1) is 19.3. The average Bonchev–Trinajstić information content (AvgIpc) is 2.62. The van der Waals surface area contributed by atoms with E-state index in [2.05, 4.69) is 22.8 Å². The molecule has 25 heavy (non-hydrogen) atoms. The van der Waals surface area contributed by atoms with Gasteiger partial charge < -0.3 is 10.6 Å². The lowest BCUT2D eigenvalue weighted by Crippen LogP contribution is -2.45. The maximum atomic E-state index is 12.1. The second kappa shape index (κ2) is 10.1. The van der Waals surface area contributed by atoms with Gasteiger partial charge in [-0.25, -0.2) is 0 Å². The molecule has 6 heteroatoms. The zero-order valence-electron chi connectivity index (χ0n) is 14.0. The zero-order chi connectivity index (χ0) is 18.1. The standard InChI is InChI=1S/C19H21ClN2O2S/c1-14(22-19(24)16-10-5-6-11-17(16)20)18(23)21-12-7-13-25-15-8-3-2-4-9-15/h2-6,8-11,14H,7,12-13H2,1H3,(H,21,23)(H,22,24). The SMILES string of the molecule is CC(NC(=O)c1ccccc1Cl)C(=O)NCCCSc1ccccc1. The predicted octanol–water partition coefficient (Wildman–Crippen LogP) is 3.76. The molecule has 0 saturated heterocycles. The van der Waals surface area contributed by atoms with Crippen LogP contribution in [0, 0.1) is 0 Å². The van der Waals surface area contributed by atoms with Crippen molar-refractivity contribution < 1.29 is 9.59 Å². The maximum Gasteiger partial charge on any atom is 0.253 e. The number of amides is 2. The van der Waals surface area contributed by atoms with Gasteiger partial charge in [0.25, 0.3) is 5.91 Å². The zero-order valence-corrected chi connectivity index (χ0v) is 15.6. The number of nitrogens with one attached hydrogen (secondary N) is 2. The molecule has 0 bridgehead atoms. The number of hydrogen-bond acceptors (Lipinski definition) is 3. The van der Waals surface area contributed by atoms with Crippen molar-refractivity contribution in [1.29, 1.82) is 0 Å². The van der Waals surface area contributed by atoms with Gasteiger partial charge in [0.1, 0.15) is 6.04 Å². The molecule has 0 spiro atoms. The lowest BCUT2D eigenvalue weighted by Gasteiger charge is -2.14. The second-order valence-corrected chi connectivity index (χ2v) is 7.06. The van der Waals surface area contributed by atoms with Gasteiger partial charge in [0.15, 0.2) is 0 Å². The van der Waals surface area contributed by atoms with Gasteiger partial charge in [-0.05, 0) is 43.4 Å². The van der Waals surface area contributed by atoms with Gasteiger partial charge in [-0.1, -0.05) is 41.9 Å². The molecule has 0 radical (unpaired) electrons. The number of rotatable bonds is 8. The molecule has 2 rings (SSSR count). The molecule has 0 heterocycles. The summed E-state index contributed by atoms with van der Waals surface area (Å²) in [4.78, 5) is 25.4. The van der Waals surface area contributed by atoms with Crippen molar-refractivity contribution in [2.75, 3.05) is 12.3 Å². The minimum atomic E-state index is -0.620. The molecule has 0 aliphatic carbocycles. The number of thioether (sulfide) groups is 1. The Balaban J connectivity index is 1.68. The van der Waals surface area contributed by atoms with E-state index in [4.69, 9.17) is 11.6 Å². The van der Waals surface area contributed by atoms with Crippen molar-refractivity contribution in [1.82, 2.24) is 10.6 Å². The third kappa shape index (κ3) is 6.44. The van der Waals surface area contributed by atoms with Crippen LogP contribution in [0.5, 0.6) is 0 Å². The number of halogens is 1. The van der Waals surface area contributed by atoms with E-state index in [1.54, 1.807) is 43.0 Å². The summed E-state index contributed by atoms with van der Waals surface area (Å²) in [6.07, 6.45) is 0.858. The molecule has 0 aromatic heterocycles. The molecule has 132 valence electrons. The predicted molar refractivity (Wildman–Crippen MR) is 103 cm³/mol. The highest BCUT2D eigenvalue weighted by Gasteiger charge is 2.17. The summed E-state index contributed by atoms with van der Waals surface area (Å²) < 4.78 is 0. The molecule has 0 fully saturated rings. The summed E-state index contributed by atoms with van der Waals surface area (Å²) in [6, 6.07) is 16.3. The molecule has 0 aliphatic rings. The molecule has 4 nitrogen and oxygen atoms in total. The Morgan fingerprint density at radius 1 is 1.08 bits per heavy atom. The Labute approximate surface area is 157 Å². The molecular weight excluding hydrogens is 356 g/mol. The number of carbonyl (C=O) groups excluding carboxylic acids is 2. The molecule has 2 N–H and O–H groups in total. The van der Waals surface area contributed by atoms with Crippen molar-refractivity contribution in [2.45, 2.75) is 24.3 Å². The largest absolute Gasteiger partial charge is 0.354 e. The van der Waals surface area contributed by atoms with Gasteiger partial charge in [-0.15, -0.1) is 11.8 Å². The lowest BCUT2D eigenvalue weighted by atomic mass is 10.2. The molecule has 0 aliphatic heterocycles. The fraction of sp³-hybridized carbons (Fsp3) is 0.263. The van der Waals surface area contributed by atoms with E-state index < -0.39 is 6.04 Å². The number of carbonyl (C=O) groups is 2. The van der Waals surface area contributed by atoms with E-state index in [1.165, 1.54) is 4.90 Å². The van der Waals surface area contributed by atoms with Crippen molar-refractivity contribution in [3.63, 3.8) is 0 Å². The maximum absolute atomic E-state index is 12.1. The van der Waals surface area contributed by atoms with Gasteiger partial charge in [0.2, 0.25) is 5.91 Å². The summed E-state index contributed by atoms with van der Waals surface area (Å²) in [5.74, 6) is 0.364. The van der Waals surface area contributed by atoms with Crippen molar-refractivity contribution in [3.8, 4) is 0 Å². The first-order valence-corrected chi connectivity index (χ1v) is 9.45. The molecule has 2 aromatic rings. The van der Waals surface area contributed by atoms with Crippen LogP contribution in [0.3, 0.4) is 0 Å². The van der Waals surface area contributed by atoms with E-state index in [9.17, 15) is 9.59 Å². The first-order chi connectivity index (χ1) is 12.1. The summed E-state index contributed by atoms with van der Waals surface area (Å²) in [7, 11) is 0. The quantitative estimate of drug-likeness (QED) is 0.544. The van der Waals surface area contributed by atoms with E-state index in [-0.39, 0.29) is 11.8 Å². The Morgan fingerprint density at radius 3 is 2.48 bits per heavy atom. The number of hydrogen-bond donors (Lipinski definition) is 2. The Morgan fingerprint density at radius 2 is 1.76 bits per heavy atom. The van der Waals surface area contributed by atoms with Crippen LogP contribution >= 0.6 is 23.4 Å².